The number of carbonyl (C=O) groups is 2. The molecule has 0 spiro atoms. The third-order valence-electron chi connectivity index (χ3n) is 5.22. The van der Waals surface area contributed by atoms with E-state index < -0.39 is 23.9 Å². The van der Waals surface area contributed by atoms with Crippen molar-refractivity contribution in [3.63, 3.8) is 0 Å². The Hall–Kier alpha value is -3.35. The van der Waals surface area contributed by atoms with E-state index in [0.29, 0.717) is 28.5 Å². The van der Waals surface area contributed by atoms with Crippen molar-refractivity contribution in [1.82, 2.24) is 10.2 Å². The smallest absolute Gasteiger partial charge is 0.503 e. The number of halogens is 5. The van der Waals surface area contributed by atoms with Gasteiger partial charge in [0.15, 0.2) is 5.76 Å². The first-order chi connectivity index (χ1) is 16.9. The van der Waals surface area contributed by atoms with Crippen molar-refractivity contribution in [2.75, 3.05) is 13.1 Å². The molecular weight excluding hydrogens is 520 g/mol. The van der Waals surface area contributed by atoms with Crippen LogP contribution in [0.1, 0.15) is 24.5 Å². The summed E-state index contributed by atoms with van der Waals surface area (Å²) in [5.74, 6) is 3.12. The zero-order chi connectivity index (χ0) is 26.5. The summed E-state index contributed by atoms with van der Waals surface area (Å²) in [4.78, 5) is 26.1. The van der Waals surface area contributed by atoms with Gasteiger partial charge >= 0.3 is 6.36 Å². The van der Waals surface area contributed by atoms with Crippen LogP contribution in [0.2, 0.25) is 10.0 Å². The Morgan fingerprint density at radius 3 is 2.53 bits per heavy atom. The monoisotopic (exact) mass is 540 g/mol. The minimum atomic E-state index is -4.79. The first-order valence-electron chi connectivity index (χ1n) is 10.7. The highest BCUT2D eigenvalue weighted by molar-refractivity contribution is 6.42. The molecule has 1 aliphatic heterocycles. The highest BCUT2D eigenvalue weighted by Gasteiger charge is 2.34. The molecule has 2 amide bonds. The third kappa shape index (κ3) is 7.57. The van der Waals surface area contributed by atoms with E-state index in [-0.39, 0.29) is 30.5 Å². The van der Waals surface area contributed by atoms with Crippen molar-refractivity contribution in [1.29, 1.82) is 0 Å². The lowest BCUT2D eigenvalue weighted by Gasteiger charge is -2.15. The Balaban J connectivity index is 1.51. The zero-order valence-corrected chi connectivity index (χ0v) is 20.5. The Bertz CT molecular complexity index is 1230. The summed E-state index contributed by atoms with van der Waals surface area (Å²) in [6.45, 7) is 1.59. The van der Waals surface area contributed by atoms with Gasteiger partial charge in [0.1, 0.15) is 5.75 Å². The Morgan fingerprint density at radius 1 is 1.19 bits per heavy atom. The molecule has 0 aromatic heterocycles. The Kier molecular flexibility index (Phi) is 8.77. The van der Waals surface area contributed by atoms with Gasteiger partial charge in [-0.15, -0.1) is 13.2 Å². The van der Waals surface area contributed by atoms with Crippen LogP contribution in [0.4, 0.5) is 13.2 Å². The van der Waals surface area contributed by atoms with Crippen molar-refractivity contribution in [3.05, 3.63) is 75.0 Å². The summed E-state index contributed by atoms with van der Waals surface area (Å²) in [5.41, 5.74) is 1.30. The summed E-state index contributed by atoms with van der Waals surface area (Å²) in [6.07, 6.45) is -3.56. The molecule has 0 saturated carbocycles. The van der Waals surface area contributed by atoms with Crippen molar-refractivity contribution in [2.24, 2.45) is 0 Å². The maximum atomic E-state index is 12.6. The maximum absolute atomic E-state index is 12.6. The number of hydrogen-bond acceptors (Lipinski definition) is 4. The lowest BCUT2D eigenvalue weighted by atomic mass is 10.1. The molecule has 0 bridgehead atoms. The molecule has 0 aliphatic carbocycles. The summed E-state index contributed by atoms with van der Waals surface area (Å²) in [5, 5.41) is 13.8. The van der Waals surface area contributed by atoms with E-state index >= 15 is 0 Å². The van der Waals surface area contributed by atoms with E-state index in [0.717, 1.165) is 17.7 Å². The number of benzene rings is 2. The molecule has 2 aromatic rings. The normalized spacial score (nSPS) is 14.4. The number of aryl methyl sites for hydroxylation is 1. The molecule has 0 radical (unpaired) electrons. The van der Waals surface area contributed by atoms with Gasteiger partial charge in [-0.3, -0.25) is 9.59 Å². The van der Waals surface area contributed by atoms with Gasteiger partial charge in [-0.2, -0.15) is 0 Å². The SMILES string of the molecule is CC(CCc1ccc(Cl)c(Cl)c1)NC(=O)C1=C(O)C(=O)N(CC#Cc2ccc(OC(F)(F)F)cc2)C1. The van der Waals surface area contributed by atoms with Gasteiger partial charge in [-0.1, -0.05) is 41.1 Å². The van der Waals surface area contributed by atoms with Crippen molar-refractivity contribution in [2.45, 2.75) is 32.2 Å². The average Bonchev–Trinajstić information content (AvgIpc) is 3.09. The van der Waals surface area contributed by atoms with E-state index in [2.05, 4.69) is 21.9 Å². The lowest BCUT2D eigenvalue weighted by Crippen LogP contribution is -2.35. The largest absolute Gasteiger partial charge is 0.573 e. The summed E-state index contributed by atoms with van der Waals surface area (Å²) >= 11 is 11.9. The molecule has 1 atom stereocenters. The van der Waals surface area contributed by atoms with E-state index in [4.69, 9.17) is 23.2 Å². The van der Waals surface area contributed by atoms with Crippen molar-refractivity contribution in [3.8, 4) is 17.6 Å². The molecule has 1 unspecified atom stereocenters. The number of amides is 2. The summed E-state index contributed by atoms with van der Waals surface area (Å²) in [7, 11) is 0. The molecule has 0 fully saturated rings. The van der Waals surface area contributed by atoms with Crippen LogP contribution in [-0.2, 0) is 16.0 Å². The fraction of sp³-hybridized carbons (Fsp3) is 0.280. The van der Waals surface area contributed by atoms with Crippen LogP contribution in [0.15, 0.2) is 53.8 Å². The van der Waals surface area contributed by atoms with Crippen LogP contribution >= 0.6 is 23.2 Å². The van der Waals surface area contributed by atoms with Gasteiger partial charge in [0.2, 0.25) is 0 Å². The van der Waals surface area contributed by atoms with Gasteiger partial charge in [-0.25, -0.2) is 0 Å². The van der Waals surface area contributed by atoms with Crippen molar-refractivity contribution >= 4 is 35.0 Å². The van der Waals surface area contributed by atoms with Crippen LogP contribution < -0.4 is 10.1 Å². The molecule has 36 heavy (non-hydrogen) atoms. The second-order valence-corrected chi connectivity index (χ2v) is 8.84. The van der Waals surface area contributed by atoms with Crippen LogP contribution in [0, 0.1) is 11.8 Å². The number of ether oxygens (including phenoxy) is 1. The molecule has 11 heteroatoms. The Labute approximate surface area is 215 Å². The number of aliphatic hydroxyl groups excluding tert-OH is 1. The number of alkyl halides is 3. The van der Waals surface area contributed by atoms with E-state index in [1.54, 1.807) is 19.1 Å². The van der Waals surface area contributed by atoms with Crippen LogP contribution in [0.5, 0.6) is 5.75 Å². The second kappa shape index (κ2) is 11.6. The molecular formula is C25H21Cl2F3N2O4. The predicted molar refractivity (Wildman–Crippen MR) is 129 cm³/mol. The standard InChI is InChI=1S/C25H21Cl2F3N2O4/c1-15(4-5-17-8-11-20(26)21(27)13-17)31-23(34)19-14-32(24(35)22(19)33)12-2-3-16-6-9-18(10-7-16)36-25(28,29)30/h6-11,13,15,33H,4-5,12,14H2,1H3,(H,31,34). The maximum Gasteiger partial charge on any atom is 0.573 e. The molecule has 6 nitrogen and oxygen atoms in total. The number of nitrogens with zero attached hydrogens (tertiary/aromatic N) is 1. The number of aliphatic hydroxyl groups is 1. The number of rotatable bonds is 7. The fourth-order valence-electron chi connectivity index (χ4n) is 3.36. The second-order valence-electron chi connectivity index (χ2n) is 8.02. The van der Waals surface area contributed by atoms with Crippen LogP contribution in [-0.4, -0.2) is 47.3 Å². The van der Waals surface area contributed by atoms with Gasteiger partial charge in [-0.05, 0) is 61.7 Å². The first kappa shape index (κ1) is 27.2. The molecule has 0 saturated heterocycles. The number of carbonyl (C=O) groups excluding carboxylic acids is 2. The zero-order valence-electron chi connectivity index (χ0n) is 19.0. The van der Waals surface area contributed by atoms with Crippen LogP contribution in [0.3, 0.4) is 0 Å². The van der Waals surface area contributed by atoms with E-state index in [9.17, 15) is 27.9 Å². The van der Waals surface area contributed by atoms with E-state index in [1.165, 1.54) is 17.0 Å². The molecule has 190 valence electrons. The highest BCUT2D eigenvalue weighted by Crippen LogP contribution is 2.24. The van der Waals surface area contributed by atoms with E-state index in [1.807, 2.05) is 6.07 Å². The highest BCUT2D eigenvalue weighted by atomic mass is 35.5. The minimum absolute atomic E-state index is 0.0585. The molecule has 2 aromatic carbocycles. The van der Waals surface area contributed by atoms with Crippen molar-refractivity contribution < 1.29 is 32.6 Å². The number of hydrogen-bond donors (Lipinski definition) is 2. The van der Waals surface area contributed by atoms with Gasteiger partial charge in [0, 0.05) is 11.6 Å². The fourth-order valence-corrected chi connectivity index (χ4v) is 3.68. The average molecular weight is 541 g/mol. The van der Waals surface area contributed by atoms with Gasteiger partial charge in [0.25, 0.3) is 11.8 Å². The van der Waals surface area contributed by atoms with Gasteiger partial charge < -0.3 is 20.1 Å². The predicted octanol–water partition coefficient (Wildman–Crippen LogP) is 5.04. The third-order valence-corrected chi connectivity index (χ3v) is 5.96. The lowest BCUT2D eigenvalue weighted by molar-refractivity contribution is -0.274. The summed E-state index contributed by atoms with van der Waals surface area (Å²) < 4.78 is 40.5. The number of nitrogens with one attached hydrogen (secondary N) is 1. The van der Waals surface area contributed by atoms with Gasteiger partial charge in [0.05, 0.1) is 28.7 Å². The molecule has 2 N–H and O–H groups in total. The topological polar surface area (TPSA) is 78.9 Å². The molecule has 3 rings (SSSR count). The molecule has 1 heterocycles. The minimum Gasteiger partial charge on any atom is -0.503 e. The van der Waals surface area contributed by atoms with Crippen LogP contribution in [0.25, 0.3) is 0 Å². The first-order valence-corrected chi connectivity index (χ1v) is 11.5. The molecule has 1 aliphatic rings. The summed E-state index contributed by atoms with van der Waals surface area (Å²) in [6, 6.07) is 9.98. The quantitative estimate of drug-likeness (QED) is 0.482. The Morgan fingerprint density at radius 2 is 1.89 bits per heavy atom.